The van der Waals surface area contributed by atoms with Gasteiger partial charge in [0.05, 0.1) is 6.10 Å². The number of unbranched alkanes of at least 4 members (excludes halogenated alkanes) is 1. The number of phenolic OH excluding ortho intramolecular Hbond substituents is 1. The molecule has 0 bridgehead atoms. The number of aromatic hydroxyl groups is 1. The number of benzene rings is 1. The third-order valence-corrected chi connectivity index (χ3v) is 5.89. The summed E-state index contributed by atoms with van der Waals surface area (Å²) in [5.74, 6) is 1.81. The number of rotatable bonds is 12. The Labute approximate surface area is 191 Å². The third-order valence-electron chi connectivity index (χ3n) is 5.89. The van der Waals surface area contributed by atoms with E-state index >= 15 is 0 Å². The van der Waals surface area contributed by atoms with Crippen molar-refractivity contribution < 1.29 is 24.8 Å². The zero-order valence-corrected chi connectivity index (χ0v) is 19.3. The second kappa shape index (κ2) is 11.5. The van der Waals surface area contributed by atoms with Gasteiger partial charge in [-0.2, -0.15) is 0 Å². The van der Waals surface area contributed by atoms with Crippen molar-refractivity contribution in [2.24, 2.45) is 10.9 Å². The molecule has 0 spiro atoms. The second-order valence-electron chi connectivity index (χ2n) is 8.77. The molecule has 0 aromatic heterocycles. The maximum atomic E-state index is 10.4. The molecule has 2 aliphatic heterocycles. The van der Waals surface area contributed by atoms with E-state index in [1.165, 1.54) is 0 Å². The van der Waals surface area contributed by atoms with Gasteiger partial charge in [0.15, 0.2) is 17.6 Å². The predicted molar refractivity (Wildman–Crippen MR) is 127 cm³/mol. The van der Waals surface area contributed by atoms with Gasteiger partial charge in [0.25, 0.3) is 0 Å². The van der Waals surface area contributed by atoms with Crippen LogP contribution >= 0.6 is 0 Å². The van der Waals surface area contributed by atoms with Crippen molar-refractivity contribution in [2.75, 3.05) is 13.2 Å². The highest BCUT2D eigenvalue weighted by molar-refractivity contribution is 5.82. The summed E-state index contributed by atoms with van der Waals surface area (Å²) >= 11 is 0. The Kier molecular flexibility index (Phi) is 8.67. The van der Waals surface area contributed by atoms with Gasteiger partial charge < -0.3 is 24.8 Å². The fourth-order valence-electron chi connectivity index (χ4n) is 3.81. The first-order chi connectivity index (χ1) is 15.4. The summed E-state index contributed by atoms with van der Waals surface area (Å²) in [6.45, 7) is 6.38. The van der Waals surface area contributed by atoms with Crippen LogP contribution in [0.2, 0.25) is 0 Å². The molecule has 1 aromatic carbocycles. The minimum Gasteiger partial charge on any atom is -0.504 e. The van der Waals surface area contributed by atoms with Crippen molar-refractivity contribution in [2.45, 2.75) is 65.1 Å². The first kappa shape index (κ1) is 24.2. The summed E-state index contributed by atoms with van der Waals surface area (Å²) in [7, 11) is 0. The highest BCUT2D eigenvalue weighted by Crippen LogP contribution is 2.32. The van der Waals surface area contributed by atoms with E-state index < -0.39 is 6.10 Å². The van der Waals surface area contributed by atoms with Crippen molar-refractivity contribution in [3.8, 4) is 11.5 Å². The van der Waals surface area contributed by atoms with E-state index in [-0.39, 0.29) is 25.1 Å². The highest BCUT2D eigenvalue weighted by Gasteiger charge is 2.30. The van der Waals surface area contributed by atoms with Gasteiger partial charge in [0.1, 0.15) is 30.9 Å². The van der Waals surface area contributed by atoms with E-state index in [9.17, 15) is 15.3 Å². The van der Waals surface area contributed by atoms with E-state index in [4.69, 9.17) is 9.47 Å². The molecule has 0 saturated heterocycles. The molecule has 1 aromatic rings. The highest BCUT2D eigenvalue weighted by atomic mass is 16.5. The average molecular weight is 443 g/mol. The molecule has 0 fully saturated rings. The van der Waals surface area contributed by atoms with Crippen LogP contribution in [-0.4, -0.2) is 51.7 Å². The molecule has 3 rings (SSSR count). The SMILES string of the molecule is CCCCC1[OH+][C-](CCc2ccc(O)c(OC[C@H](O)C3=C[C+](C(C)C)C=N3)c2)C=C1CO. The van der Waals surface area contributed by atoms with Crippen LogP contribution in [0, 0.1) is 17.9 Å². The van der Waals surface area contributed by atoms with Crippen LogP contribution in [0.1, 0.15) is 52.0 Å². The molecule has 2 heterocycles. The van der Waals surface area contributed by atoms with Gasteiger partial charge in [-0.25, -0.2) is 0 Å². The summed E-state index contributed by atoms with van der Waals surface area (Å²) in [6.07, 6.45) is 10.6. The molecule has 2 atom stereocenters. The number of ether oxygens (including phenoxy) is 2. The van der Waals surface area contributed by atoms with Crippen LogP contribution in [0.25, 0.3) is 0 Å². The zero-order chi connectivity index (χ0) is 23.1. The van der Waals surface area contributed by atoms with Crippen molar-refractivity contribution in [1.82, 2.24) is 0 Å². The van der Waals surface area contributed by atoms with Gasteiger partial charge >= 0.3 is 0 Å². The summed E-state index contributed by atoms with van der Waals surface area (Å²) in [5, 5.41) is 30.2. The first-order valence-corrected chi connectivity index (χ1v) is 11.5. The summed E-state index contributed by atoms with van der Waals surface area (Å²) in [4.78, 5) is 4.27. The fourth-order valence-corrected chi connectivity index (χ4v) is 3.81. The van der Waals surface area contributed by atoms with Crippen LogP contribution < -0.4 is 4.74 Å². The van der Waals surface area contributed by atoms with Gasteiger partial charge in [-0.3, -0.25) is 0 Å². The van der Waals surface area contributed by atoms with Crippen LogP contribution in [0.15, 0.2) is 46.6 Å². The number of aryl methyl sites for hydroxylation is 1. The Balaban J connectivity index is 1.53. The second-order valence-corrected chi connectivity index (χ2v) is 8.77. The molecule has 2 aliphatic rings. The van der Waals surface area contributed by atoms with Gasteiger partial charge in [-0.05, 0) is 50.8 Å². The molecule has 0 aliphatic carbocycles. The minimum atomic E-state index is -0.861. The molecule has 6 nitrogen and oxygen atoms in total. The lowest BCUT2D eigenvalue weighted by Crippen LogP contribution is -2.19. The lowest BCUT2D eigenvalue weighted by atomic mass is 9.97. The van der Waals surface area contributed by atoms with E-state index in [0.717, 1.165) is 55.3 Å². The maximum absolute atomic E-state index is 10.4. The molecule has 1 unspecified atom stereocenters. The normalized spacial score (nSPS) is 19.0. The Morgan fingerprint density at radius 1 is 1.31 bits per heavy atom. The Bertz CT molecular complexity index is 845. The van der Waals surface area contributed by atoms with E-state index in [2.05, 4.69) is 25.8 Å². The first-order valence-electron chi connectivity index (χ1n) is 11.5. The summed E-state index contributed by atoms with van der Waals surface area (Å²) < 4.78 is 10.5. The Morgan fingerprint density at radius 2 is 2.12 bits per heavy atom. The molecule has 0 amide bonds. The average Bonchev–Trinajstić information content (AvgIpc) is 3.43. The smallest absolute Gasteiger partial charge is 0.207 e. The van der Waals surface area contributed by atoms with Crippen LogP contribution in [0.3, 0.4) is 0 Å². The lowest BCUT2D eigenvalue weighted by molar-refractivity contribution is -0.0550. The number of hydrogen-bond donors (Lipinski definition) is 3. The molecule has 6 heteroatoms. The van der Waals surface area contributed by atoms with Crippen LogP contribution in [0.4, 0.5) is 0 Å². The molecular formula is C26H36NO5+. The van der Waals surface area contributed by atoms with Crippen molar-refractivity contribution in [3.63, 3.8) is 0 Å². The number of aliphatic hydroxyl groups excluding tert-OH is 2. The fraction of sp³-hybridized carbons (Fsp3) is 0.500. The van der Waals surface area contributed by atoms with E-state index in [0.29, 0.717) is 17.4 Å². The molecule has 0 radical (unpaired) electrons. The number of phenols is 1. The van der Waals surface area contributed by atoms with Gasteiger partial charge in [0, 0.05) is 18.9 Å². The summed E-state index contributed by atoms with van der Waals surface area (Å²) in [5.41, 5.74) is 2.59. The van der Waals surface area contributed by atoms with Crippen molar-refractivity contribution in [1.29, 1.82) is 0 Å². The third kappa shape index (κ3) is 6.31. The molecule has 4 N–H and O–H groups in total. The zero-order valence-electron chi connectivity index (χ0n) is 19.3. The lowest BCUT2D eigenvalue weighted by Gasteiger charge is -2.19. The number of hydrogen-bond acceptors (Lipinski definition) is 5. The van der Waals surface area contributed by atoms with Gasteiger partial charge in [-0.15, -0.1) is 16.6 Å². The molecule has 174 valence electrons. The van der Waals surface area contributed by atoms with Gasteiger partial charge in [-0.1, -0.05) is 19.4 Å². The van der Waals surface area contributed by atoms with Crippen molar-refractivity contribution in [3.05, 3.63) is 59.2 Å². The van der Waals surface area contributed by atoms with Crippen LogP contribution in [0.5, 0.6) is 11.5 Å². The number of aliphatic hydroxyl groups is 4. The topological polar surface area (TPSA) is 95.1 Å². The molecular weight excluding hydrogens is 406 g/mol. The number of aliphatic imine (C=N–C) groups is 1. The monoisotopic (exact) mass is 442 g/mol. The van der Waals surface area contributed by atoms with E-state index in [1.54, 1.807) is 18.3 Å². The number of allylic oxidation sites excluding steroid dienone is 1. The minimum absolute atomic E-state index is 0.0139. The molecule has 0 saturated carbocycles. The van der Waals surface area contributed by atoms with Crippen molar-refractivity contribution >= 4 is 6.21 Å². The van der Waals surface area contributed by atoms with Gasteiger partial charge in [0.2, 0.25) is 5.70 Å². The standard InChI is InChI=1S/C26H35NO5/c1-4-5-6-25-20(15-28)12-21(32-25)9-7-18-8-10-23(29)26(11-18)31-16-24(30)22-13-19(14-27-22)17(2)3/h8,10-14,17,24-25,28,30,32H,4-7,9,15-16H2,1-3H3/p+1/t24-,25?/m0/s1. The Hall–Kier alpha value is -2.41. The quantitative estimate of drug-likeness (QED) is 0.339. The number of nitrogens with zero attached hydrogens (tertiary/aromatic N) is 1. The van der Waals surface area contributed by atoms with E-state index in [1.807, 2.05) is 18.2 Å². The predicted octanol–water partition coefficient (Wildman–Crippen LogP) is 3.81. The Morgan fingerprint density at radius 3 is 2.81 bits per heavy atom. The summed E-state index contributed by atoms with van der Waals surface area (Å²) in [6, 6.07) is 5.29. The molecule has 32 heavy (non-hydrogen) atoms. The van der Waals surface area contributed by atoms with Crippen LogP contribution in [-0.2, 0) is 6.42 Å². The maximum Gasteiger partial charge on any atom is 0.207 e. The largest absolute Gasteiger partial charge is 0.504 e.